The molecule has 0 aromatic heterocycles. The molecule has 0 heterocycles. The molecular formula is C15H30O6S. The summed E-state index contributed by atoms with van der Waals surface area (Å²) in [7, 11) is -3.32. The van der Waals surface area contributed by atoms with Crippen molar-refractivity contribution in [1.82, 2.24) is 0 Å². The number of carbonyl (C=O) groups excluding carboxylic acids is 1. The zero-order chi connectivity index (χ0) is 17.1. The summed E-state index contributed by atoms with van der Waals surface area (Å²) in [6.45, 7) is 7.07. The normalized spacial score (nSPS) is 12.4. The molecule has 22 heavy (non-hydrogen) atoms. The van der Waals surface area contributed by atoms with Gasteiger partial charge in [-0.15, -0.1) is 0 Å². The molecule has 0 rings (SSSR count). The molecule has 0 unspecified atom stereocenters. The van der Waals surface area contributed by atoms with Crippen molar-refractivity contribution in [3.8, 4) is 0 Å². The summed E-state index contributed by atoms with van der Waals surface area (Å²) >= 11 is 0. The van der Waals surface area contributed by atoms with Crippen molar-refractivity contribution >= 4 is 16.1 Å². The van der Waals surface area contributed by atoms with E-state index in [0.29, 0.717) is 26.1 Å². The van der Waals surface area contributed by atoms with Crippen molar-refractivity contribution < 1.29 is 26.9 Å². The van der Waals surface area contributed by atoms with Crippen LogP contribution in [0, 0.1) is 0 Å². The van der Waals surface area contributed by atoms with Crippen molar-refractivity contribution in [2.24, 2.45) is 0 Å². The summed E-state index contributed by atoms with van der Waals surface area (Å²) in [6, 6.07) is 0. The van der Waals surface area contributed by atoms with Crippen molar-refractivity contribution in [2.75, 3.05) is 26.1 Å². The first-order valence-electron chi connectivity index (χ1n) is 7.74. The highest BCUT2D eigenvalue weighted by Gasteiger charge is 2.15. The van der Waals surface area contributed by atoms with Crippen molar-refractivity contribution in [3.05, 3.63) is 0 Å². The number of rotatable bonds is 12. The Hall–Kier alpha value is -0.660. The van der Waals surface area contributed by atoms with Crippen LogP contribution in [0.5, 0.6) is 0 Å². The van der Waals surface area contributed by atoms with Crippen LogP contribution in [0.15, 0.2) is 0 Å². The highest BCUT2D eigenvalue weighted by atomic mass is 32.2. The van der Waals surface area contributed by atoms with Gasteiger partial charge in [-0.3, -0.25) is 8.98 Å². The van der Waals surface area contributed by atoms with E-state index < -0.39 is 15.7 Å². The van der Waals surface area contributed by atoms with Gasteiger partial charge in [0.15, 0.2) is 0 Å². The quantitative estimate of drug-likeness (QED) is 0.309. The maximum absolute atomic E-state index is 11.4. The second-order valence-corrected chi connectivity index (χ2v) is 7.89. The van der Waals surface area contributed by atoms with E-state index >= 15 is 0 Å². The van der Waals surface area contributed by atoms with Crippen LogP contribution in [0.1, 0.15) is 59.3 Å². The zero-order valence-corrected chi connectivity index (χ0v) is 15.0. The summed E-state index contributed by atoms with van der Waals surface area (Å²) < 4.78 is 36.7. The van der Waals surface area contributed by atoms with Crippen LogP contribution in [0.4, 0.5) is 0 Å². The Balaban J connectivity index is 3.29. The van der Waals surface area contributed by atoms with Crippen LogP contribution in [0.2, 0.25) is 0 Å². The van der Waals surface area contributed by atoms with Gasteiger partial charge in [0.05, 0.1) is 12.9 Å². The maximum Gasteiger partial charge on any atom is 0.306 e. The number of esters is 1. The molecule has 0 aliphatic rings. The third-order valence-corrected chi connectivity index (χ3v) is 3.16. The summed E-state index contributed by atoms with van der Waals surface area (Å²) in [5.41, 5.74) is -0.422. The van der Waals surface area contributed by atoms with Crippen LogP contribution in [-0.4, -0.2) is 46.1 Å². The van der Waals surface area contributed by atoms with Gasteiger partial charge in [-0.05, 0) is 52.9 Å². The predicted octanol–water partition coefficient (Wildman–Crippen LogP) is 2.66. The van der Waals surface area contributed by atoms with Crippen LogP contribution in [0.3, 0.4) is 0 Å². The molecule has 0 atom stereocenters. The minimum atomic E-state index is -3.32. The predicted molar refractivity (Wildman–Crippen MR) is 85.2 cm³/mol. The molecule has 0 radical (unpaired) electrons. The molecule has 0 spiro atoms. The monoisotopic (exact) mass is 338 g/mol. The molecule has 6 nitrogen and oxygen atoms in total. The van der Waals surface area contributed by atoms with Gasteiger partial charge in [0.25, 0.3) is 10.1 Å². The molecule has 0 aliphatic carbocycles. The fourth-order valence-electron chi connectivity index (χ4n) is 1.66. The Kier molecular flexibility index (Phi) is 10.6. The summed E-state index contributed by atoms with van der Waals surface area (Å²) in [6.07, 6.45) is 5.51. The molecule has 0 aliphatic heterocycles. The van der Waals surface area contributed by atoms with Crippen molar-refractivity contribution in [1.29, 1.82) is 0 Å². The molecule has 0 amide bonds. The Morgan fingerprint density at radius 1 is 0.909 bits per heavy atom. The third-order valence-electron chi connectivity index (χ3n) is 2.57. The molecule has 0 fully saturated rings. The van der Waals surface area contributed by atoms with Crippen LogP contribution < -0.4 is 0 Å². The molecule has 0 bridgehead atoms. The second kappa shape index (κ2) is 11.0. The molecule has 0 aromatic carbocycles. The molecule has 0 saturated heterocycles. The SMILES string of the molecule is CC(C)(C)OC(=O)CCCCOCCCCCOS(C)(=O)=O. The first-order chi connectivity index (χ1) is 10.1. The number of ether oxygens (including phenoxy) is 2. The van der Waals surface area contributed by atoms with Gasteiger partial charge in [0.1, 0.15) is 5.60 Å². The average molecular weight is 338 g/mol. The van der Waals surface area contributed by atoms with E-state index in [4.69, 9.17) is 9.47 Å². The molecule has 0 saturated carbocycles. The van der Waals surface area contributed by atoms with E-state index in [9.17, 15) is 13.2 Å². The molecule has 7 heteroatoms. The lowest BCUT2D eigenvalue weighted by Gasteiger charge is -2.19. The minimum Gasteiger partial charge on any atom is -0.460 e. The molecule has 0 aromatic rings. The average Bonchev–Trinajstić information content (AvgIpc) is 2.32. The lowest BCUT2D eigenvalue weighted by Crippen LogP contribution is -2.23. The van der Waals surface area contributed by atoms with Gasteiger partial charge in [0, 0.05) is 19.6 Å². The standard InChI is InChI=1S/C15H30O6S/c1-15(2,3)21-14(16)10-6-9-12-19-11-7-5-8-13-20-22(4,17)18/h5-13H2,1-4H3. The molecule has 0 N–H and O–H groups in total. The number of carbonyl (C=O) groups is 1. The van der Waals surface area contributed by atoms with Gasteiger partial charge in [-0.25, -0.2) is 0 Å². The molecule has 132 valence electrons. The van der Waals surface area contributed by atoms with E-state index in [1.165, 1.54) is 0 Å². The van der Waals surface area contributed by atoms with Gasteiger partial charge in [-0.1, -0.05) is 0 Å². The highest BCUT2D eigenvalue weighted by molar-refractivity contribution is 7.85. The Morgan fingerprint density at radius 3 is 2.00 bits per heavy atom. The Bertz CT molecular complexity index is 397. The highest BCUT2D eigenvalue weighted by Crippen LogP contribution is 2.10. The Labute approximate surface area is 134 Å². The molecular weight excluding hydrogens is 308 g/mol. The van der Waals surface area contributed by atoms with Crippen LogP contribution >= 0.6 is 0 Å². The van der Waals surface area contributed by atoms with Gasteiger partial charge in [0.2, 0.25) is 0 Å². The smallest absolute Gasteiger partial charge is 0.306 e. The van der Waals surface area contributed by atoms with E-state index in [2.05, 4.69) is 4.18 Å². The topological polar surface area (TPSA) is 78.9 Å². The van der Waals surface area contributed by atoms with Crippen LogP contribution in [-0.2, 0) is 28.6 Å². The lowest BCUT2D eigenvalue weighted by atomic mass is 10.2. The van der Waals surface area contributed by atoms with Gasteiger partial charge in [-0.2, -0.15) is 8.42 Å². The maximum atomic E-state index is 11.4. The fraction of sp³-hybridized carbons (Fsp3) is 0.933. The third kappa shape index (κ3) is 17.4. The zero-order valence-electron chi connectivity index (χ0n) is 14.2. The fourth-order valence-corrected chi connectivity index (χ4v) is 2.08. The minimum absolute atomic E-state index is 0.168. The number of unbranched alkanes of at least 4 members (excludes halogenated alkanes) is 3. The first kappa shape index (κ1) is 21.3. The summed E-state index contributed by atoms with van der Waals surface area (Å²) in [5, 5.41) is 0. The van der Waals surface area contributed by atoms with Gasteiger partial charge < -0.3 is 9.47 Å². The number of hydrogen-bond acceptors (Lipinski definition) is 6. The van der Waals surface area contributed by atoms with E-state index in [1.807, 2.05) is 20.8 Å². The largest absolute Gasteiger partial charge is 0.460 e. The Morgan fingerprint density at radius 2 is 1.45 bits per heavy atom. The van der Waals surface area contributed by atoms with Crippen molar-refractivity contribution in [3.63, 3.8) is 0 Å². The van der Waals surface area contributed by atoms with E-state index in [-0.39, 0.29) is 12.6 Å². The van der Waals surface area contributed by atoms with E-state index in [0.717, 1.165) is 31.9 Å². The van der Waals surface area contributed by atoms with E-state index in [1.54, 1.807) is 0 Å². The number of hydrogen-bond donors (Lipinski definition) is 0. The van der Waals surface area contributed by atoms with Gasteiger partial charge >= 0.3 is 5.97 Å². The lowest BCUT2D eigenvalue weighted by molar-refractivity contribution is -0.154. The summed E-state index contributed by atoms with van der Waals surface area (Å²) in [4.78, 5) is 11.4. The second-order valence-electron chi connectivity index (χ2n) is 6.24. The summed E-state index contributed by atoms with van der Waals surface area (Å²) in [5.74, 6) is -0.168. The van der Waals surface area contributed by atoms with Crippen LogP contribution in [0.25, 0.3) is 0 Å². The first-order valence-corrected chi connectivity index (χ1v) is 9.56. The van der Waals surface area contributed by atoms with Crippen molar-refractivity contribution in [2.45, 2.75) is 64.9 Å².